The van der Waals surface area contributed by atoms with Crippen molar-refractivity contribution in [1.82, 2.24) is 24.7 Å². The molecular weight excluding hydrogens is 320 g/mol. The van der Waals surface area contributed by atoms with Gasteiger partial charge in [0.2, 0.25) is 0 Å². The Kier molecular flexibility index (Phi) is 4.62. The summed E-state index contributed by atoms with van der Waals surface area (Å²) in [4.78, 5) is 23.3. The van der Waals surface area contributed by atoms with Crippen LogP contribution < -0.4 is 10.9 Å². The second-order valence-corrected chi connectivity index (χ2v) is 5.90. The van der Waals surface area contributed by atoms with Gasteiger partial charge in [-0.2, -0.15) is 5.10 Å². The van der Waals surface area contributed by atoms with Crippen molar-refractivity contribution in [2.75, 3.05) is 11.9 Å². The van der Waals surface area contributed by atoms with E-state index in [0.29, 0.717) is 29.4 Å². The molecule has 3 N–H and O–H groups in total. The van der Waals surface area contributed by atoms with Crippen molar-refractivity contribution in [2.24, 2.45) is 7.05 Å². The fraction of sp³-hybridized carbons (Fsp3) is 0.294. The summed E-state index contributed by atoms with van der Waals surface area (Å²) in [6, 6.07) is 3.60. The summed E-state index contributed by atoms with van der Waals surface area (Å²) in [5.74, 6) is 1.11. The SMILES string of the molecule is Cc1nc(-c2ccc(NCC(O)c3cnn(C)c3)nc2)[nH]c(=O)c1C. The van der Waals surface area contributed by atoms with E-state index in [2.05, 4.69) is 25.4 Å². The first-order valence-electron chi connectivity index (χ1n) is 7.88. The summed E-state index contributed by atoms with van der Waals surface area (Å²) in [5.41, 5.74) is 2.62. The second-order valence-electron chi connectivity index (χ2n) is 5.90. The summed E-state index contributed by atoms with van der Waals surface area (Å²) in [6.07, 6.45) is 4.36. The first-order chi connectivity index (χ1) is 11.9. The van der Waals surface area contributed by atoms with Gasteiger partial charge in [-0.25, -0.2) is 9.97 Å². The Bertz CT molecular complexity index is 929. The van der Waals surface area contributed by atoms with Crippen LogP contribution in [0.2, 0.25) is 0 Å². The maximum absolute atomic E-state index is 11.9. The average molecular weight is 340 g/mol. The van der Waals surface area contributed by atoms with E-state index >= 15 is 0 Å². The van der Waals surface area contributed by atoms with Crippen molar-refractivity contribution in [2.45, 2.75) is 20.0 Å². The zero-order valence-electron chi connectivity index (χ0n) is 14.3. The Morgan fingerprint density at radius 2 is 2.12 bits per heavy atom. The van der Waals surface area contributed by atoms with Crippen LogP contribution in [0, 0.1) is 13.8 Å². The van der Waals surface area contributed by atoms with E-state index in [0.717, 1.165) is 11.1 Å². The predicted molar refractivity (Wildman–Crippen MR) is 94.2 cm³/mol. The zero-order chi connectivity index (χ0) is 18.0. The van der Waals surface area contributed by atoms with Crippen LogP contribution in [0.3, 0.4) is 0 Å². The molecule has 3 rings (SSSR count). The number of aliphatic hydroxyl groups is 1. The Labute approximate surface area is 144 Å². The molecule has 0 radical (unpaired) electrons. The van der Waals surface area contributed by atoms with E-state index in [4.69, 9.17) is 0 Å². The summed E-state index contributed by atoms with van der Waals surface area (Å²) in [5, 5.41) is 17.2. The van der Waals surface area contributed by atoms with Crippen molar-refractivity contribution in [3.8, 4) is 11.4 Å². The summed E-state index contributed by atoms with van der Waals surface area (Å²) in [6.45, 7) is 3.86. The molecule has 3 aromatic rings. The first kappa shape index (κ1) is 16.8. The number of nitrogens with one attached hydrogen (secondary N) is 2. The van der Waals surface area contributed by atoms with Gasteiger partial charge in [0.25, 0.3) is 5.56 Å². The van der Waals surface area contributed by atoms with Crippen molar-refractivity contribution >= 4 is 5.82 Å². The predicted octanol–water partition coefficient (Wildman–Crippen LogP) is 1.33. The van der Waals surface area contributed by atoms with Crippen LogP contribution in [0.1, 0.15) is 22.9 Å². The van der Waals surface area contributed by atoms with Crippen LogP contribution in [-0.4, -0.2) is 36.4 Å². The summed E-state index contributed by atoms with van der Waals surface area (Å²) in [7, 11) is 1.80. The van der Waals surface area contributed by atoms with Crippen LogP contribution in [-0.2, 0) is 7.05 Å². The number of aromatic nitrogens is 5. The van der Waals surface area contributed by atoms with Crippen molar-refractivity contribution in [1.29, 1.82) is 0 Å². The third-order valence-corrected chi connectivity index (χ3v) is 4.02. The lowest BCUT2D eigenvalue weighted by Gasteiger charge is -2.11. The molecule has 0 aromatic carbocycles. The van der Waals surface area contributed by atoms with E-state index in [9.17, 15) is 9.90 Å². The lowest BCUT2D eigenvalue weighted by Crippen LogP contribution is -2.14. The third-order valence-electron chi connectivity index (χ3n) is 4.02. The standard InChI is InChI=1S/C17H20N6O2/c1-10-11(2)21-16(22-17(10)25)12-4-5-15(18-6-12)19-8-14(24)13-7-20-23(3)9-13/h4-7,9,14,24H,8H2,1-3H3,(H,18,19)(H,21,22,25). The van der Waals surface area contributed by atoms with Gasteiger partial charge < -0.3 is 15.4 Å². The zero-order valence-corrected chi connectivity index (χ0v) is 14.3. The van der Waals surface area contributed by atoms with Crippen LogP contribution in [0.5, 0.6) is 0 Å². The highest BCUT2D eigenvalue weighted by molar-refractivity contribution is 5.56. The Balaban J connectivity index is 1.69. The van der Waals surface area contributed by atoms with Gasteiger partial charge in [-0.3, -0.25) is 9.48 Å². The number of aromatic amines is 1. The normalized spacial score (nSPS) is 12.2. The van der Waals surface area contributed by atoms with Crippen LogP contribution >= 0.6 is 0 Å². The molecule has 0 fully saturated rings. The number of hydrogen-bond donors (Lipinski definition) is 3. The van der Waals surface area contributed by atoms with Crippen LogP contribution in [0.4, 0.5) is 5.82 Å². The van der Waals surface area contributed by atoms with Gasteiger partial charge in [-0.1, -0.05) is 0 Å². The molecule has 0 saturated heterocycles. The lowest BCUT2D eigenvalue weighted by atomic mass is 10.2. The van der Waals surface area contributed by atoms with Gasteiger partial charge in [0.1, 0.15) is 11.6 Å². The Morgan fingerprint density at radius 3 is 2.72 bits per heavy atom. The number of aliphatic hydroxyl groups excluding tert-OH is 1. The van der Waals surface area contributed by atoms with Gasteiger partial charge in [-0.15, -0.1) is 0 Å². The molecule has 3 aromatic heterocycles. The molecule has 130 valence electrons. The Morgan fingerprint density at radius 1 is 1.32 bits per heavy atom. The minimum absolute atomic E-state index is 0.149. The quantitative estimate of drug-likeness (QED) is 0.646. The number of rotatable bonds is 5. The molecule has 3 heterocycles. The topological polar surface area (TPSA) is 109 Å². The molecule has 1 unspecified atom stereocenters. The molecule has 8 heteroatoms. The van der Waals surface area contributed by atoms with Crippen molar-refractivity contribution < 1.29 is 5.11 Å². The van der Waals surface area contributed by atoms with E-state index in [-0.39, 0.29) is 5.56 Å². The maximum Gasteiger partial charge on any atom is 0.254 e. The van der Waals surface area contributed by atoms with E-state index in [1.165, 1.54) is 0 Å². The van der Waals surface area contributed by atoms with Crippen LogP contribution in [0.25, 0.3) is 11.4 Å². The number of nitrogens with zero attached hydrogens (tertiary/aromatic N) is 4. The van der Waals surface area contributed by atoms with Gasteiger partial charge >= 0.3 is 0 Å². The fourth-order valence-electron chi connectivity index (χ4n) is 2.35. The Hall–Kier alpha value is -3.00. The molecule has 25 heavy (non-hydrogen) atoms. The van der Waals surface area contributed by atoms with Crippen molar-refractivity contribution in [3.05, 3.63) is 57.9 Å². The number of H-pyrrole nitrogens is 1. The highest BCUT2D eigenvalue weighted by Crippen LogP contribution is 2.17. The molecule has 0 spiro atoms. The fourth-order valence-corrected chi connectivity index (χ4v) is 2.35. The highest BCUT2D eigenvalue weighted by atomic mass is 16.3. The molecule has 0 amide bonds. The largest absolute Gasteiger partial charge is 0.386 e. The summed E-state index contributed by atoms with van der Waals surface area (Å²) < 4.78 is 1.64. The smallest absolute Gasteiger partial charge is 0.254 e. The van der Waals surface area contributed by atoms with Gasteiger partial charge in [0.15, 0.2) is 0 Å². The summed E-state index contributed by atoms with van der Waals surface area (Å²) >= 11 is 0. The number of hydrogen-bond acceptors (Lipinski definition) is 6. The molecule has 0 saturated carbocycles. The number of anilines is 1. The molecule has 8 nitrogen and oxygen atoms in total. The monoisotopic (exact) mass is 340 g/mol. The highest BCUT2D eigenvalue weighted by Gasteiger charge is 2.10. The molecule has 0 bridgehead atoms. The molecule has 0 aliphatic heterocycles. The molecule has 0 aliphatic carbocycles. The third kappa shape index (κ3) is 3.74. The maximum atomic E-state index is 11.9. The van der Waals surface area contributed by atoms with E-state index in [1.807, 2.05) is 6.07 Å². The average Bonchev–Trinajstić information content (AvgIpc) is 3.04. The van der Waals surface area contributed by atoms with Gasteiger partial charge in [0.05, 0.1) is 12.3 Å². The minimum Gasteiger partial charge on any atom is -0.386 e. The number of aryl methyl sites for hydroxylation is 2. The molecular formula is C17H20N6O2. The van der Waals surface area contributed by atoms with Crippen LogP contribution in [0.15, 0.2) is 35.5 Å². The second kappa shape index (κ2) is 6.86. The number of pyridine rings is 1. The molecule has 1 atom stereocenters. The first-order valence-corrected chi connectivity index (χ1v) is 7.88. The van der Waals surface area contributed by atoms with Gasteiger partial charge in [-0.05, 0) is 26.0 Å². The minimum atomic E-state index is -0.673. The van der Waals surface area contributed by atoms with E-state index < -0.39 is 6.10 Å². The van der Waals surface area contributed by atoms with E-state index in [1.54, 1.807) is 50.2 Å². The van der Waals surface area contributed by atoms with Gasteiger partial charge in [0, 0.05) is 48.4 Å². The molecule has 0 aliphatic rings. The lowest BCUT2D eigenvalue weighted by molar-refractivity contribution is 0.191. The van der Waals surface area contributed by atoms with Crippen molar-refractivity contribution in [3.63, 3.8) is 0 Å².